The average molecular weight is 158 g/mol. The van der Waals surface area contributed by atoms with Gasteiger partial charge in [-0.05, 0) is 25.2 Å². The molecule has 4 N–H and O–H groups in total. The third-order valence-electron chi connectivity index (χ3n) is 2.15. The van der Waals surface area contributed by atoms with E-state index in [1.165, 1.54) is 0 Å². The van der Waals surface area contributed by atoms with Crippen molar-refractivity contribution < 1.29 is 9.90 Å². The van der Waals surface area contributed by atoms with Crippen molar-refractivity contribution in [3.05, 3.63) is 0 Å². The highest BCUT2D eigenvalue weighted by Gasteiger charge is 2.24. The van der Waals surface area contributed by atoms with Crippen molar-refractivity contribution in [3.8, 4) is 0 Å². The number of nitrogens with one attached hydrogen (secondary N) is 1. The van der Waals surface area contributed by atoms with Crippen LogP contribution < -0.4 is 11.3 Å². The van der Waals surface area contributed by atoms with Gasteiger partial charge in [-0.25, -0.2) is 5.84 Å². The lowest BCUT2D eigenvalue weighted by molar-refractivity contribution is -0.122. The van der Waals surface area contributed by atoms with Gasteiger partial charge >= 0.3 is 0 Å². The Balaban J connectivity index is 2.23. The molecule has 1 amide bonds. The van der Waals surface area contributed by atoms with Crippen molar-refractivity contribution >= 4 is 5.91 Å². The number of aliphatic hydroxyl groups is 1. The largest absolute Gasteiger partial charge is 0.393 e. The van der Waals surface area contributed by atoms with Crippen LogP contribution in [-0.2, 0) is 4.79 Å². The molecule has 64 valence electrons. The van der Waals surface area contributed by atoms with Crippen LogP contribution in [0.4, 0.5) is 0 Å². The van der Waals surface area contributed by atoms with E-state index in [4.69, 9.17) is 10.9 Å². The minimum Gasteiger partial charge on any atom is -0.393 e. The second-order valence-corrected chi connectivity index (χ2v) is 3.10. The van der Waals surface area contributed by atoms with Crippen molar-refractivity contribution in [1.29, 1.82) is 0 Å². The van der Waals surface area contributed by atoms with Crippen LogP contribution in [0.25, 0.3) is 0 Å². The van der Waals surface area contributed by atoms with E-state index in [2.05, 4.69) is 5.43 Å². The van der Waals surface area contributed by atoms with E-state index in [-0.39, 0.29) is 12.0 Å². The topological polar surface area (TPSA) is 75.3 Å². The number of hydrogen-bond acceptors (Lipinski definition) is 3. The zero-order chi connectivity index (χ0) is 8.27. The van der Waals surface area contributed by atoms with E-state index in [1.807, 2.05) is 0 Å². The maximum Gasteiger partial charge on any atom is 0.234 e. The normalized spacial score (nSPS) is 30.4. The number of nitrogens with two attached hydrogens (primary N) is 1. The lowest BCUT2D eigenvalue weighted by atomic mass is 10.0. The molecule has 0 bridgehead atoms. The van der Waals surface area contributed by atoms with Gasteiger partial charge in [-0.1, -0.05) is 0 Å². The molecule has 4 nitrogen and oxygen atoms in total. The van der Waals surface area contributed by atoms with Crippen molar-refractivity contribution in [2.75, 3.05) is 0 Å². The number of carbonyl (C=O) groups is 1. The van der Waals surface area contributed by atoms with E-state index in [1.54, 1.807) is 0 Å². The minimum absolute atomic E-state index is 0.135. The van der Waals surface area contributed by atoms with Crippen molar-refractivity contribution in [2.45, 2.75) is 31.8 Å². The Morgan fingerprint density at radius 3 is 2.82 bits per heavy atom. The Morgan fingerprint density at radius 1 is 1.64 bits per heavy atom. The highest BCUT2D eigenvalue weighted by Crippen LogP contribution is 2.27. The van der Waals surface area contributed by atoms with Crippen LogP contribution in [0.5, 0.6) is 0 Å². The van der Waals surface area contributed by atoms with Crippen molar-refractivity contribution in [3.63, 3.8) is 0 Å². The van der Waals surface area contributed by atoms with Gasteiger partial charge in [0.05, 0.1) is 6.10 Å². The van der Waals surface area contributed by atoms with E-state index < -0.39 is 0 Å². The van der Waals surface area contributed by atoms with Gasteiger partial charge in [-0.2, -0.15) is 0 Å². The summed E-state index contributed by atoms with van der Waals surface area (Å²) >= 11 is 0. The molecule has 0 aromatic rings. The monoisotopic (exact) mass is 158 g/mol. The average Bonchev–Trinajstić information content (AvgIpc) is 2.35. The Hall–Kier alpha value is -0.610. The highest BCUT2D eigenvalue weighted by molar-refractivity contribution is 5.75. The van der Waals surface area contributed by atoms with Crippen LogP contribution in [-0.4, -0.2) is 17.1 Å². The van der Waals surface area contributed by atoms with Gasteiger partial charge in [0, 0.05) is 6.42 Å². The molecule has 0 radical (unpaired) electrons. The van der Waals surface area contributed by atoms with Crippen LogP contribution in [0.15, 0.2) is 0 Å². The zero-order valence-corrected chi connectivity index (χ0v) is 6.42. The van der Waals surface area contributed by atoms with Crippen molar-refractivity contribution in [1.82, 2.24) is 5.43 Å². The van der Waals surface area contributed by atoms with Gasteiger partial charge in [-0.15, -0.1) is 0 Å². The summed E-state index contributed by atoms with van der Waals surface area (Å²) in [4.78, 5) is 10.8. The maximum absolute atomic E-state index is 10.8. The second kappa shape index (κ2) is 3.69. The summed E-state index contributed by atoms with van der Waals surface area (Å²) in [6, 6.07) is 0. The summed E-state index contributed by atoms with van der Waals surface area (Å²) in [6.45, 7) is 0. The number of rotatable bonds is 2. The second-order valence-electron chi connectivity index (χ2n) is 3.10. The molecule has 1 fully saturated rings. The molecular formula is C7H14N2O2. The molecule has 1 rings (SSSR count). The van der Waals surface area contributed by atoms with E-state index in [0.29, 0.717) is 12.3 Å². The first kappa shape index (κ1) is 8.49. The van der Waals surface area contributed by atoms with Crippen LogP contribution in [0.3, 0.4) is 0 Å². The Bertz CT molecular complexity index is 149. The molecule has 4 heteroatoms. The first-order chi connectivity index (χ1) is 5.22. The summed E-state index contributed by atoms with van der Waals surface area (Å²) in [5.41, 5.74) is 2.09. The summed E-state index contributed by atoms with van der Waals surface area (Å²) in [7, 11) is 0. The molecule has 0 saturated heterocycles. The number of aliphatic hydroxyl groups excluding tert-OH is 1. The highest BCUT2D eigenvalue weighted by atomic mass is 16.3. The van der Waals surface area contributed by atoms with Crippen molar-refractivity contribution in [2.24, 2.45) is 11.8 Å². The number of carbonyl (C=O) groups excluding carboxylic acids is 1. The molecular weight excluding hydrogens is 144 g/mol. The van der Waals surface area contributed by atoms with Gasteiger partial charge in [0.25, 0.3) is 0 Å². The molecule has 2 atom stereocenters. The first-order valence-electron chi connectivity index (χ1n) is 3.90. The van der Waals surface area contributed by atoms with Gasteiger partial charge in [0.1, 0.15) is 0 Å². The molecule has 1 aliphatic carbocycles. The molecule has 2 unspecified atom stereocenters. The summed E-state index contributed by atoms with van der Waals surface area (Å²) < 4.78 is 0. The fourth-order valence-corrected chi connectivity index (χ4v) is 1.56. The first-order valence-corrected chi connectivity index (χ1v) is 3.90. The predicted octanol–water partition coefficient (Wildman–Crippen LogP) is -0.473. The van der Waals surface area contributed by atoms with E-state index in [0.717, 1.165) is 19.3 Å². The van der Waals surface area contributed by atoms with Crippen LogP contribution >= 0.6 is 0 Å². The fourth-order valence-electron chi connectivity index (χ4n) is 1.56. The summed E-state index contributed by atoms with van der Waals surface area (Å²) in [5.74, 6) is 5.12. The molecule has 0 aliphatic heterocycles. The third kappa shape index (κ3) is 2.48. The van der Waals surface area contributed by atoms with Gasteiger partial charge in [-0.3, -0.25) is 10.2 Å². The molecule has 0 spiro atoms. The summed E-state index contributed by atoms with van der Waals surface area (Å²) in [6.07, 6.45) is 2.75. The number of hydrogen-bond donors (Lipinski definition) is 3. The molecule has 1 aliphatic rings. The quantitative estimate of drug-likeness (QED) is 0.289. The standard InChI is InChI=1S/C7H14N2O2/c8-9-7(11)4-5-1-2-6(10)3-5/h5-6,10H,1-4,8H2,(H,9,11). The Morgan fingerprint density at radius 2 is 2.36 bits per heavy atom. The van der Waals surface area contributed by atoms with Gasteiger partial charge in [0.15, 0.2) is 0 Å². The van der Waals surface area contributed by atoms with E-state index in [9.17, 15) is 4.79 Å². The molecule has 0 aromatic carbocycles. The molecule has 0 heterocycles. The van der Waals surface area contributed by atoms with Gasteiger partial charge in [0.2, 0.25) is 5.91 Å². The maximum atomic E-state index is 10.8. The molecule has 0 aromatic heterocycles. The van der Waals surface area contributed by atoms with E-state index >= 15 is 0 Å². The van der Waals surface area contributed by atoms with Crippen LogP contribution in [0.2, 0.25) is 0 Å². The van der Waals surface area contributed by atoms with Crippen LogP contribution in [0, 0.1) is 5.92 Å². The Labute approximate surface area is 65.7 Å². The van der Waals surface area contributed by atoms with Crippen LogP contribution in [0.1, 0.15) is 25.7 Å². The predicted molar refractivity (Wildman–Crippen MR) is 40.3 cm³/mol. The number of amides is 1. The Kier molecular flexibility index (Phi) is 2.84. The SMILES string of the molecule is NNC(=O)CC1CCC(O)C1. The van der Waals surface area contributed by atoms with Gasteiger partial charge < -0.3 is 5.11 Å². The third-order valence-corrected chi connectivity index (χ3v) is 2.15. The lowest BCUT2D eigenvalue weighted by Gasteiger charge is -2.06. The minimum atomic E-state index is -0.203. The zero-order valence-electron chi connectivity index (χ0n) is 6.42. The fraction of sp³-hybridized carbons (Fsp3) is 0.857. The molecule has 11 heavy (non-hydrogen) atoms. The number of hydrazine groups is 1. The lowest BCUT2D eigenvalue weighted by Crippen LogP contribution is -2.31. The summed E-state index contributed by atoms with van der Waals surface area (Å²) in [5, 5.41) is 9.12. The smallest absolute Gasteiger partial charge is 0.234 e. The molecule has 1 saturated carbocycles.